The zero-order valence-electron chi connectivity index (χ0n) is 12.1. The second-order valence-corrected chi connectivity index (χ2v) is 6.01. The lowest BCUT2D eigenvalue weighted by Crippen LogP contribution is -2.53. The molecule has 2 aliphatic rings. The second-order valence-electron chi connectivity index (χ2n) is 6.01. The lowest BCUT2D eigenvalue weighted by Gasteiger charge is -2.40. The van der Waals surface area contributed by atoms with Crippen molar-refractivity contribution >= 4 is 5.97 Å². The number of esters is 1. The van der Waals surface area contributed by atoms with Crippen LogP contribution in [-0.4, -0.2) is 29.6 Å². The average molecular weight is 270 g/mol. The molecule has 0 amide bonds. The molecule has 20 heavy (non-hydrogen) atoms. The number of rotatable bonds is 3. The molecular formula is C17H20NO2+. The van der Waals surface area contributed by atoms with Crippen LogP contribution in [0.5, 0.6) is 5.75 Å². The summed E-state index contributed by atoms with van der Waals surface area (Å²) in [6.45, 7) is 2.43. The first-order valence-electron chi connectivity index (χ1n) is 7.18. The van der Waals surface area contributed by atoms with Gasteiger partial charge in [-0.1, -0.05) is 5.92 Å². The molecule has 3 rings (SSSR count). The van der Waals surface area contributed by atoms with Gasteiger partial charge in [-0.3, -0.25) is 4.79 Å². The third-order valence-corrected chi connectivity index (χ3v) is 4.63. The van der Waals surface area contributed by atoms with E-state index >= 15 is 0 Å². The third kappa shape index (κ3) is 2.32. The van der Waals surface area contributed by atoms with Crippen LogP contribution in [0.25, 0.3) is 0 Å². The molecule has 2 heterocycles. The van der Waals surface area contributed by atoms with Crippen LogP contribution in [0.3, 0.4) is 0 Å². The molecule has 2 bridgehead atoms. The number of benzene rings is 1. The van der Waals surface area contributed by atoms with E-state index in [0.29, 0.717) is 17.8 Å². The van der Waals surface area contributed by atoms with E-state index < -0.39 is 0 Å². The van der Waals surface area contributed by atoms with Crippen LogP contribution in [0.15, 0.2) is 24.3 Å². The molecule has 104 valence electrons. The Bertz CT molecular complexity index is 581. The standard InChI is InChI=1S/C17H20NO2/c1-13(19)20-17-10-6-14(7-11-17)12-18(2)15-4-3-5-16(18)9-8-15/h6-7,10-11,15-16H,4,8-9,12H2,1-2H3/q+1/t15-,16+,18?/m1/s1. The molecule has 1 aromatic rings. The first kappa shape index (κ1) is 13.2. The summed E-state index contributed by atoms with van der Waals surface area (Å²) in [6, 6.07) is 9.03. The number of hydrogen-bond acceptors (Lipinski definition) is 2. The molecule has 2 aliphatic heterocycles. The molecule has 0 radical (unpaired) electrons. The third-order valence-electron chi connectivity index (χ3n) is 4.63. The van der Waals surface area contributed by atoms with E-state index in [1.807, 2.05) is 12.1 Å². The minimum atomic E-state index is -0.277. The highest BCUT2D eigenvalue weighted by atomic mass is 16.5. The van der Waals surface area contributed by atoms with Crippen molar-refractivity contribution in [1.29, 1.82) is 0 Å². The number of carbonyl (C=O) groups is 1. The SMILES string of the molecule is CC(=O)Oc1ccc(C[N+]2(C)[C@@H]3CC#C[C@H]2CC3)cc1. The minimum absolute atomic E-state index is 0.277. The quantitative estimate of drug-likeness (QED) is 0.365. The van der Waals surface area contributed by atoms with Crippen LogP contribution in [0.2, 0.25) is 0 Å². The number of nitrogens with zero attached hydrogens (tertiary/aromatic N) is 1. The fourth-order valence-electron chi connectivity index (χ4n) is 3.48. The maximum absolute atomic E-state index is 10.9. The minimum Gasteiger partial charge on any atom is -0.427 e. The zero-order valence-corrected chi connectivity index (χ0v) is 12.1. The number of quaternary nitrogens is 1. The van der Waals surface area contributed by atoms with Crippen molar-refractivity contribution < 1.29 is 14.0 Å². The number of carbonyl (C=O) groups excluding carboxylic acids is 1. The van der Waals surface area contributed by atoms with Gasteiger partial charge in [0.25, 0.3) is 0 Å². The van der Waals surface area contributed by atoms with Crippen molar-refractivity contribution in [2.75, 3.05) is 7.05 Å². The van der Waals surface area contributed by atoms with E-state index in [-0.39, 0.29) is 5.97 Å². The summed E-state index contributed by atoms with van der Waals surface area (Å²) in [5.41, 5.74) is 1.28. The Kier molecular flexibility index (Phi) is 3.27. The Hall–Kier alpha value is -1.79. The second kappa shape index (κ2) is 4.96. The number of ether oxygens (including phenoxy) is 1. The molecule has 0 N–H and O–H groups in total. The summed E-state index contributed by atoms with van der Waals surface area (Å²) in [6.07, 6.45) is 3.52. The summed E-state index contributed by atoms with van der Waals surface area (Å²) in [5, 5.41) is 0. The fraction of sp³-hybridized carbons (Fsp3) is 0.471. The topological polar surface area (TPSA) is 26.3 Å². The summed E-state index contributed by atoms with van der Waals surface area (Å²) < 4.78 is 6.11. The highest BCUT2D eigenvalue weighted by Crippen LogP contribution is 2.37. The molecule has 0 aromatic heterocycles. The van der Waals surface area contributed by atoms with Gasteiger partial charge < -0.3 is 9.22 Å². The van der Waals surface area contributed by atoms with Gasteiger partial charge in [0.2, 0.25) is 0 Å². The molecule has 1 fully saturated rings. The number of hydrogen-bond donors (Lipinski definition) is 0. The van der Waals surface area contributed by atoms with Crippen LogP contribution in [0.4, 0.5) is 0 Å². The summed E-state index contributed by atoms with van der Waals surface area (Å²) in [4.78, 5) is 10.9. The molecule has 0 saturated carbocycles. The van der Waals surface area contributed by atoms with Gasteiger partial charge in [-0.05, 0) is 30.2 Å². The van der Waals surface area contributed by atoms with E-state index in [4.69, 9.17) is 4.74 Å². The Labute approximate surface area is 120 Å². The smallest absolute Gasteiger partial charge is 0.308 e. The predicted octanol–water partition coefficient (Wildman–Crippen LogP) is 2.50. The van der Waals surface area contributed by atoms with Crippen LogP contribution < -0.4 is 4.74 Å². The van der Waals surface area contributed by atoms with E-state index in [1.165, 1.54) is 25.3 Å². The largest absolute Gasteiger partial charge is 0.427 e. The first-order chi connectivity index (χ1) is 9.58. The maximum Gasteiger partial charge on any atom is 0.308 e. The Morgan fingerprint density at radius 3 is 2.75 bits per heavy atom. The normalized spacial score (nSPS) is 30.5. The van der Waals surface area contributed by atoms with Crippen molar-refractivity contribution in [2.45, 2.75) is 44.8 Å². The van der Waals surface area contributed by atoms with E-state index in [9.17, 15) is 4.79 Å². The van der Waals surface area contributed by atoms with Gasteiger partial charge in [0.15, 0.2) is 6.04 Å². The van der Waals surface area contributed by atoms with Crippen molar-refractivity contribution in [3.63, 3.8) is 0 Å². The van der Waals surface area contributed by atoms with Gasteiger partial charge in [-0.15, -0.1) is 0 Å². The lowest BCUT2D eigenvalue weighted by molar-refractivity contribution is -0.949. The molecule has 1 saturated heterocycles. The van der Waals surface area contributed by atoms with Gasteiger partial charge in [0.05, 0.1) is 13.5 Å². The van der Waals surface area contributed by atoms with Crippen LogP contribution in [0.1, 0.15) is 31.7 Å². The Morgan fingerprint density at radius 1 is 1.35 bits per heavy atom. The van der Waals surface area contributed by atoms with Gasteiger partial charge >= 0.3 is 5.97 Å². The molecule has 3 heteroatoms. The summed E-state index contributed by atoms with van der Waals surface area (Å²) in [7, 11) is 2.33. The zero-order chi connectivity index (χ0) is 14.2. The van der Waals surface area contributed by atoms with E-state index in [0.717, 1.165) is 17.4 Å². The molecule has 3 atom stereocenters. The molecule has 0 aliphatic carbocycles. The highest BCUT2D eigenvalue weighted by molar-refractivity contribution is 5.69. The first-order valence-corrected chi connectivity index (χ1v) is 7.18. The van der Waals surface area contributed by atoms with Gasteiger partial charge in [-0.2, -0.15) is 0 Å². The number of fused-ring (bicyclic) bond motifs is 2. The maximum atomic E-state index is 10.9. The van der Waals surface area contributed by atoms with Crippen LogP contribution in [-0.2, 0) is 11.3 Å². The molecule has 1 unspecified atom stereocenters. The molecule has 3 nitrogen and oxygen atoms in total. The van der Waals surface area contributed by atoms with Gasteiger partial charge in [0, 0.05) is 25.3 Å². The summed E-state index contributed by atoms with van der Waals surface area (Å²) >= 11 is 0. The van der Waals surface area contributed by atoms with Crippen molar-refractivity contribution in [2.24, 2.45) is 0 Å². The van der Waals surface area contributed by atoms with Crippen molar-refractivity contribution in [3.8, 4) is 17.6 Å². The van der Waals surface area contributed by atoms with E-state index in [2.05, 4.69) is 31.0 Å². The molecule has 0 spiro atoms. The van der Waals surface area contributed by atoms with Gasteiger partial charge in [0.1, 0.15) is 18.3 Å². The molecular weight excluding hydrogens is 250 g/mol. The van der Waals surface area contributed by atoms with Crippen molar-refractivity contribution in [3.05, 3.63) is 29.8 Å². The Balaban J connectivity index is 1.75. The summed E-state index contributed by atoms with van der Waals surface area (Å²) in [5.74, 6) is 7.05. The Morgan fingerprint density at radius 2 is 2.10 bits per heavy atom. The highest BCUT2D eigenvalue weighted by Gasteiger charge is 2.46. The van der Waals surface area contributed by atoms with Gasteiger partial charge in [-0.25, -0.2) is 0 Å². The predicted molar refractivity (Wildman–Crippen MR) is 76.8 cm³/mol. The molecule has 1 aromatic carbocycles. The fourth-order valence-corrected chi connectivity index (χ4v) is 3.48. The van der Waals surface area contributed by atoms with Crippen LogP contribution >= 0.6 is 0 Å². The van der Waals surface area contributed by atoms with Crippen LogP contribution in [0, 0.1) is 11.8 Å². The van der Waals surface area contributed by atoms with Crippen molar-refractivity contribution in [1.82, 2.24) is 0 Å². The average Bonchev–Trinajstić information content (AvgIpc) is 2.61. The van der Waals surface area contributed by atoms with E-state index in [1.54, 1.807) is 0 Å². The monoisotopic (exact) mass is 270 g/mol. The lowest BCUT2D eigenvalue weighted by atomic mass is 10.1.